The van der Waals surface area contributed by atoms with Crippen LogP contribution in [0.25, 0.3) is 0 Å². The maximum absolute atomic E-state index is 12.6. The van der Waals surface area contributed by atoms with Gasteiger partial charge >= 0.3 is 6.18 Å². The van der Waals surface area contributed by atoms with Gasteiger partial charge in [0.05, 0.1) is 32.7 Å². The SMILES string of the molecule is COc1ccc(CC(=O)NCC#Cc2cccc(C(F)(F)F)c2)cc1OC. The Morgan fingerprint density at radius 3 is 2.48 bits per heavy atom. The molecule has 2 aromatic rings. The number of hydrogen-bond donors (Lipinski definition) is 1. The molecule has 27 heavy (non-hydrogen) atoms. The Kier molecular flexibility index (Phi) is 6.72. The first-order valence-electron chi connectivity index (χ1n) is 7.97. The fourth-order valence-electron chi connectivity index (χ4n) is 2.30. The van der Waals surface area contributed by atoms with Crippen LogP contribution >= 0.6 is 0 Å². The van der Waals surface area contributed by atoms with Crippen molar-refractivity contribution in [3.63, 3.8) is 0 Å². The van der Waals surface area contributed by atoms with Gasteiger partial charge in [0, 0.05) is 5.56 Å². The molecule has 0 aromatic heterocycles. The number of hydrogen-bond acceptors (Lipinski definition) is 3. The van der Waals surface area contributed by atoms with Crippen molar-refractivity contribution in [2.45, 2.75) is 12.6 Å². The summed E-state index contributed by atoms with van der Waals surface area (Å²) < 4.78 is 48.3. The largest absolute Gasteiger partial charge is 0.493 e. The number of ether oxygens (including phenoxy) is 2. The quantitative estimate of drug-likeness (QED) is 0.813. The lowest BCUT2D eigenvalue weighted by atomic mass is 10.1. The van der Waals surface area contributed by atoms with Crippen LogP contribution in [0.3, 0.4) is 0 Å². The van der Waals surface area contributed by atoms with Gasteiger partial charge in [-0.25, -0.2) is 0 Å². The fourth-order valence-corrected chi connectivity index (χ4v) is 2.30. The van der Waals surface area contributed by atoms with Gasteiger partial charge in [-0.3, -0.25) is 4.79 Å². The predicted octanol–water partition coefficient (Wildman–Crippen LogP) is 3.43. The highest BCUT2D eigenvalue weighted by Gasteiger charge is 2.30. The Balaban J connectivity index is 1.91. The molecular weight excluding hydrogens is 359 g/mol. The zero-order valence-corrected chi connectivity index (χ0v) is 14.8. The summed E-state index contributed by atoms with van der Waals surface area (Å²) in [6.45, 7) is 0.0301. The smallest absolute Gasteiger partial charge is 0.416 e. The van der Waals surface area contributed by atoms with Crippen molar-refractivity contribution in [2.75, 3.05) is 20.8 Å². The molecule has 0 saturated heterocycles. The number of methoxy groups -OCH3 is 2. The van der Waals surface area contributed by atoms with Crippen LogP contribution in [0, 0.1) is 11.8 Å². The van der Waals surface area contributed by atoms with Crippen LogP contribution < -0.4 is 14.8 Å². The van der Waals surface area contributed by atoms with Crippen LogP contribution in [0.2, 0.25) is 0 Å². The lowest BCUT2D eigenvalue weighted by Gasteiger charge is -2.09. The van der Waals surface area contributed by atoms with Gasteiger partial charge in [-0.2, -0.15) is 13.2 Å². The zero-order chi connectivity index (χ0) is 19.9. The van der Waals surface area contributed by atoms with E-state index in [1.807, 2.05) is 0 Å². The minimum Gasteiger partial charge on any atom is -0.493 e. The van der Waals surface area contributed by atoms with Crippen molar-refractivity contribution < 1.29 is 27.4 Å². The maximum Gasteiger partial charge on any atom is 0.416 e. The number of amides is 1. The average molecular weight is 377 g/mol. The normalized spacial score (nSPS) is 10.6. The van der Waals surface area contributed by atoms with Crippen molar-refractivity contribution in [1.29, 1.82) is 0 Å². The first-order chi connectivity index (χ1) is 12.8. The summed E-state index contributed by atoms with van der Waals surface area (Å²) >= 11 is 0. The molecule has 0 radical (unpaired) electrons. The van der Waals surface area contributed by atoms with E-state index >= 15 is 0 Å². The second-order valence-electron chi connectivity index (χ2n) is 5.52. The molecule has 0 unspecified atom stereocenters. The first kappa shape index (κ1) is 20.2. The number of alkyl halides is 3. The molecule has 2 aromatic carbocycles. The lowest BCUT2D eigenvalue weighted by Crippen LogP contribution is -2.25. The Morgan fingerprint density at radius 1 is 1.07 bits per heavy atom. The average Bonchev–Trinajstić information content (AvgIpc) is 2.64. The van der Waals surface area contributed by atoms with Gasteiger partial charge in [0.25, 0.3) is 0 Å². The van der Waals surface area contributed by atoms with Gasteiger partial charge < -0.3 is 14.8 Å². The summed E-state index contributed by atoms with van der Waals surface area (Å²) in [6.07, 6.45) is -4.29. The van der Waals surface area contributed by atoms with Crippen molar-refractivity contribution in [2.24, 2.45) is 0 Å². The molecule has 0 aliphatic heterocycles. The molecule has 0 spiro atoms. The lowest BCUT2D eigenvalue weighted by molar-refractivity contribution is -0.137. The molecule has 142 valence electrons. The van der Waals surface area contributed by atoms with Crippen LogP contribution in [-0.4, -0.2) is 26.7 Å². The minimum absolute atomic E-state index is 0.0301. The third kappa shape index (κ3) is 5.96. The van der Waals surface area contributed by atoms with E-state index in [9.17, 15) is 18.0 Å². The Bertz CT molecular complexity index is 867. The van der Waals surface area contributed by atoms with Gasteiger partial charge in [0.15, 0.2) is 11.5 Å². The molecule has 7 heteroatoms. The predicted molar refractivity (Wildman–Crippen MR) is 94.6 cm³/mol. The van der Waals surface area contributed by atoms with Crippen LogP contribution in [0.1, 0.15) is 16.7 Å². The third-order valence-corrected chi connectivity index (χ3v) is 3.61. The van der Waals surface area contributed by atoms with Gasteiger partial charge in [0.2, 0.25) is 5.91 Å². The molecule has 1 amide bonds. The van der Waals surface area contributed by atoms with E-state index < -0.39 is 11.7 Å². The number of rotatable bonds is 5. The Labute approximate surface area is 155 Å². The number of benzene rings is 2. The van der Waals surface area contributed by atoms with E-state index in [-0.39, 0.29) is 24.4 Å². The molecule has 0 saturated carbocycles. The van der Waals surface area contributed by atoms with E-state index in [4.69, 9.17) is 9.47 Å². The molecule has 0 aliphatic carbocycles. The number of nitrogens with one attached hydrogen (secondary N) is 1. The van der Waals surface area contributed by atoms with Crippen molar-refractivity contribution in [1.82, 2.24) is 5.32 Å². The van der Waals surface area contributed by atoms with Gasteiger partial charge in [-0.1, -0.05) is 24.0 Å². The molecule has 0 bridgehead atoms. The second kappa shape index (κ2) is 8.99. The summed E-state index contributed by atoms with van der Waals surface area (Å²) in [4.78, 5) is 12.0. The molecule has 0 aliphatic rings. The monoisotopic (exact) mass is 377 g/mol. The Hall–Kier alpha value is -3.14. The topological polar surface area (TPSA) is 47.6 Å². The Morgan fingerprint density at radius 2 is 1.81 bits per heavy atom. The maximum atomic E-state index is 12.6. The summed E-state index contributed by atoms with van der Waals surface area (Å²) in [7, 11) is 3.03. The highest BCUT2D eigenvalue weighted by molar-refractivity contribution is 5.79. The van der Waals surface area contributed by atoms with Gasteiger partial charge in [-0.05, 0) is 35.9 Å². The summed E-state index contributed by atoms with van der Waals surface area (Å²) in [5.41, 5.74) is 0.210. The van der Waals surface area contributed by atoms with E-state index in [1.165, 1.54) is 26.4 Å². The minimum atomic E-state index is -4.41. The fraction of sp³-hybridized carbons (Fsp3) is 0.250. The molecule has 4 nitrogen and oxygen atoms in total. The van der Waals surface area contributed by atoms with Crippen LogP contribution in [0.5, 0.6) is 11.5 Å². The summed E-state index contributed by atoms with van der Waals surface area (Å²) in [6, 6.07) is 9.88. The van der Waals surface area contributed by atoms with Gasteiger partial charge in [0.1, 0.15) is 0 Å². The van der Waals surface area contributed by atoms with Crippen molar-refractivity contribution >= 4 is 5.91 Å². The molecule has 2 rings (SSSR count). The van der Waals surface area contributed by atoms with Crippen LogP contribution in [-0.2, 0) is 17.4 Å². The molecule has 0 atom stereocenters. The summed E-state index contributed by atoms with van der Waals surface area (Å²) in [5.74, 6) is 6.07. The highest BCUT2D eigenvalue weighted by Crippen LogP contribution is 2.29. The highest BCUT2D eigenvalue weighted by atomic mass is 19.4. The van der Waals surface area contributed by atoms with E-state index in [1.54, 1.807) is 18.2 Å². The molecule has 0 fully saturated rings. The second-order valence-corrected chi connectivity index (χ2v) is 5.52. The number of carbonyl (C=O) groups excluding carboxylic acids is 1. The van der Waals surface area contributed by atoms with Crippen molar-refractivity contribution in [3.05, 3.63) is 59.2 Å². The number of halogens is 3. The van der Waals surface area contributed by atoms with Crippen molar-refractivity contribution in [3.8, 4) is 23.3 Å². The zero-order valence-electron chi connectivity index (χ0n) is 14.8. The first-order valence-corrected chi connectivity index (χ1v) is 7.97. The van der Waals surface area contributed by atoms with E-state index in [0.717, 1.165) is 17.7 Å². The van der Waals surface area contributed by atoms with E-state index in [2.05, 4.69) is 17.2 Å². The third-order valence-electron chi connectivity index (χ3n) is 3.61. The van der Waals surface area contributed by atoms with Crippen LogP contribution in [0.4, 0.5) is 13.2 Å². The molecule has 1 N–H and O–H groups in total. The molecular formula is C20H18F3NO3. The van der Waals surface area contributed by atoms with Crippen LogP contribution in [0.15, 0.2) is 42.5 Å². The van der Waals surface area contributed by atoms with Gasteiger partial charge in [-0.15, -0.1) is 0 Å². The molecule has 0 heterocycles. The summed E-state index contributed by atoms with van der Waals surface area (Å²) in [5, 5.41) is 2.61. The standard InChI is InChI=1S/C20H18F3NO3/c1-26-17-9-8-15(12-18(17)27-2)13-19(25)24-10-4-6-14-5-3-7-16(11-14)20(21,22)23/h3,5,7-9,11-12H,10,13H2,1-2H3,(H,24,25). The number of carbonyl (C=O) groups is 1. The van der Waals surface area contributed by atoms with E-state index in [0.29, 0.717) is 11.5 Å².